The molecular formula is C24H20N2O7S. The van der Waals surface area contributed by atoms with E-state index in [1.54, 1.807) is 36.4 Å². The molecule has 1 heterocycles. The number of carboxylic acids is 1. The predicted octanol–water partition coefficient (Wildman–Crippen LogP) is 2.90. The summed E-state index contributed by atoms with van der Waals surface area (Å²) < 4.78 is 33.3. The Morgan fingerprint density at radius 3 is 1.94 bits per heavy atom. The first-order valence-electron chi connectivity index (χ1n) is 10.3. The number of benzene rings is 3. The summed E-state index contributed by atoms with van der Waals surface area (Å²) in [4.78, 5) is 37.4. The molecule has 2 amide bonds. The molecular weight excluding hydrogens is 460 g/mol. The minimum Gasteiger partial charge on any atom is -0.480 e. The van der Waals surface area contributed by atoms with Gasteiger partial charge in [0.05, 0.1) is 16.0 Å². The SMILES string of the molecule is O=C(O)C(CCN1C(=O)c2ccccc2C1=O)NS(=O)(=O)c1ccc(Oc2ccccc2)cc1. The number of rotatable bonds is 9. The van der Waals surface area contributed by atoms with Gasteiger partial charge in [-0.15, -0.1) is 0 Å². The lowest BCUT2D eigenvalue weighted by Crippen LogP contribution is -2.43. The highest BCUT2D eigenvalue weighted by atomic mass is 32.2. The number of hydrogen-bond acceptors (Lipinski definition) is 6. The summed E-state index contributed by atoms with van der Waals surface area (Å²) in [6.45, 7) is -0.254. The minimum absolute atomic E-state index is 0.153. The molecule has 4 rings (SSSR count). The molecule has 1 aliphatic rings. The smallest absolute Gasteiger partial charge is 0.321 e. The second-order valence-electron chi connectivity index (χ2n) is 7.49. The zero-order valence-corrected chi connectivity index (χ0v) is 18.6. The van der Waals surface area contributed by atoms with Gasteiger partial charge in [0.25, 0.3) is 11.8 Å². The van der Waals surface area contributed by atoms with Crippen LogP contribution in [-0.2, 0) is 14.8 Å². The first-order chi connectivity index (χ1) is 16.3. The number of ether oxygens (including phenoxy) is 1. The number of sulfonamides is 1. The second kappa shape index (κ2) is 9.46. The summed E-state index contributed by atoms with van der Waals surface area (Å²) in [6, 6.07) is 19.1. The molecule has 174 valence electrons. The van der Waals surface area contributed by atoms with E-state index in [9.17, 15) is 27.9 Å². The average molecular weight is 480 g/mol. The molecule has 9 nitrogen and oxygen atoms in total. The van der Waals surface area contributed by atoms with Crippen LogP contribution in [0.1, 0.15) is 27.1 Å². The molecule has 0 saturated carbocycles. The standard InChI is InChI=1S/C24H20N2O7S/c27-22-19-8-4-5-9-20(19)23(28)26(22)15-14-21(24(29)30)25-34(31,32)18-12-10-17(11-13-18)33-16-6-2-1-3-7-16/h1-13,21,25H,14-15H2,(H,29,30). The number of amides is 2. The maximum absolute atomic E-state index is 12.8. The van der Waals surface area contributed by atoms with E-state index in [0.717, 1.165) is 4.90 Å². The Hall–Kier alpha value is -4.02. The Balaban J connectivity index is 1.42. The van der Waals surface area contributed by atoms with Crippen molar-refractivity contribution in [2.75, 3.05) is 6.54 Å². The van der Waals surface area contributed by atoms with Crippen LogP contribution in [-0.4, -0.2) is 48.8 Å². The summed E-state index contributed by atoms with van der Waals surface area (Å²) >= 11 is 0. The van der Waals surface area contributed by atoms with Crippen molar-refractivity contribution in [3.8, 4) is 11.5 Å². The van der Waals surface area contributed by atoms with Gasteiger partial charge in [-0.1, -0.05) is 30.3 Å². The van der Waals surface area contributed by atoms with Crippen LogP contribution in [0.15, 0.2) is 83.8 Å². The van der Waals surface area contributed by atoms with E-state index in [4.69, 9.17) is 4.74 Å². The lowest BCUT2D eigenvalue weighted by Gasteiger charge is -2.19. The first kappa shape index (κ1) is 23.1. The van der Waals surface area contributed by atoms with Crippen LogP contribution in [0, 0.1) is 0 Å². The van der Waals surface area contributed by atoms with E-state index < -0.39 is 33.8 Å². The highest BCUT2D eigenvalue weighted by Gasteiger charge is 2.36. The van der Waals surface area contributed by atoms with E-state index in [1.165, 1.54) is 36.4 Å². The van der Waals surface area contributed by atoms with Gasteiger partial charge in [-0.05, 0) is 55.0 Å². The molecule has 0 radical (unpaired) electrons. The third-order valence-corrected chi connectivity index (χ3v) is 6.72. The largest absolute Gasteiger partial charge is 0.480 e. The number of imide groups is 1. The van der Waals surface area contributed by atoms with Crippen molar-refractivity contribution in [2.24, 2.45) is 0 Å². The number of hydrogen-bond donors (Lipinski definition) is 2. The van der Waals surface area contributed by atoms with Gasteiger partial charge in [-0.2, -0.15) is 4.72 Å². The maximum atomic E-state index is 12.8. The molecule has 1 aliphatic heterocycles. The monoisotopic (exact) mass is 480 g/mol. The molecule has 0 spiro atoms. The molecule has 0 bridgehead atoms. The molecule has 3 aromatic rings. The van der Waals surface area contributed by atoms with Gasteiger partial charge in [0.15, 0.2) is 0 Å². The zero-order valence-electron chi connectivity index (χ0n) is 17.7. The summed E-state index contributed by atoms with van der Waals surface area (Å²) in [7, 11) is -4.20. The normalized spacial score (nSPS) is 14.1. The number of aliphatic carboxylic acids is 1. The van der Waals surface area contributed by atoms with Crippen LogP contribution >= 0.6 is 0 Å². The molecule has 0 aromatic heterocycles. The first-order valence-corrected chi connectivity index (χ1v) is 11.8. The third kappa shape index (κ3) is 4.82. The molecule has 1 unspecified atom stereocenters. The number of nitrogens with zero attached hydrogens (tertiary/aromatic N) is 1. The van der Waals surface area contributed by atoms with Crippen molar-refractivity contribution in [3.63, 3.8) is 0 Å². The quantitative estimate of drug-likeness (QED) is 0.450. The van der Waals surface area contributed by atoms with E-state index in [1.807, 2.05) is 6.07 Å². The number of carbonyl (C=O) groups excluding carboxylic acids is 2. The molecule has 10 heteroatoms. The van der Waals surface area contributed by atoms with E-state index in [-0.39, 0.29) is 29.0 Å². The van der Waals surface area contributed by atoms with E-state index in [2.05, 4.69) is 4.72 Å². The lowest BCUT2D eigenvalue weighted by atomic mass is 10.1. The fourth-order valence-corrected chi connectivity index (χ4v) is 4.72. The van der Waals surface area contributed by atoms with Gasteiger partial charge < -0.3 is 9.84 Å². The van der Waals surface area contributed by atoms with E-state index >= 15 is 0 Å². The molecule has 0 saturated heterocycles. The number of carboxylic acid groups (broad SMARTS) is 1. The topological polar surface area (TPSA) is 130 Å². The average Bonchev–Trinajstić information content (AvgIpc) is 3.07. The van der Waals surface area contributed by atoms with E-state index in [0.29, 0.717) is 11.5 Å². The van der Waals surface area contributed by atoms with Gasteiger partial charge in [0, 0.05) is 6.54 Å². The Kier molecular flexibility index (Phi) is 6.44. The third-order valence-electron chi connectivity index (χ3n) is 5.23. The summed E-state index contributed by atoms with van der Waals surface area (Å²) in [5.41, 5.74) is 0.468. The van der Waals surface area contributed by atoms with Crippen LogP contribution in [0.4, 0.5) is 0 Å². The number of carbonyl (C=O) groups is 3. The fourth-order valence-electron chi connectivity index (χ4n) is 3.50. The van der Waals surface area contributed by atoms with Crippen molar-refractivity contribution in [2.45, 2.75) is 17.4 Å². The van der Waals surface area contributed by atoms with Crippen molar-refractivity contribution < 1.29 is 32.6 Å². The lowest BCUT2D eigenvalue weighted by molar-refractivity contribution is -0.139. The van der Waals surface area contributed by atoms with Crippen LogP contribution in [0.5, 0.6) is 11.5 Å². The number of fused-ring (bicyclic) bond motifs is 1. The molecule has 34 heavy (non-hydrogen) atoms. The molecule has 0 fully saturated rings. The second-order valence-corrected chi connectivity index (χ2v) is 9.21. The van der Waals surface area contributed by atoms with Gasteiger partial charge in [-0.25, -0.2) is 8.42 Å². The zero-order chi connectivity index (χ0) is 24.3. The van der Waals surface area contributed by atoms with Crippen LogP contribution < -0.4 is 9.46 Å². The predicted molar refractivity (Wildman–Crippen MR) is 121 cm³/mol. The van der Waals surface area contributed by atoms with Crippen LogP contribution in [0.25, 0.3) is 0 Å². The van der Waals surface area contributed by atoms with Crippen molar-refractivity contribution >= 4 is 27.8 Å². The maximum Gasteiger partial charge on any atom is 0.321 e. The van der Waals surface area contributed by atoms with Crippen LogP contribution in [0.3, 0.4) is 0 Å². The van der Waals surface area contributed by atoms with Crippen molar-refractivity contribution in [1.29, 1.82) is 0 Å². The van der Waals surface area contributed by atoms with Crippen molar-refractivity contribution in [3.05, 3.63) is 90.0 Å². The summed E-state index contributed by atoms with van der Waals surface area (Å²) in [6.07, 6.45) is -0.296. The molecule has 0 aliphatic carbocycles. The fraction of sp³-hybridized carbons (Fsp3) is 0.125. The van der Waals surface area contributed by atoms with Crippen molar-refractivity contribution in [1.82, 2.24) is 9.62 Å². The van der Waals surface area contributed by atoms with Gasteiger partial charge in [0.1, 0.15) is 17.5 Å². The van der Waals surface area contributed by atoms with Gasteiger partial charge in [-0.3, -0.25) is 19.3 Å². The summed E-state index contributed by atoms with van der Waals surface area (Å²) in [5, 5.41) is 9.54. The van der Waals surface area contributed by atoms with Gasteiger partial charge in [0.2, 0.25) is 10.0 Å². The Morgan fingerprint density at radius 2 is 1.38 bits per heavy atom. The molecule has 2 N–H and O–H groups in total. The Bertz CT molecular complexity index is 1300. The summed E-state index contributed by atoms with van der Waals surface area (Å²) in [5.74, 6) is -1.52. The van der Waals surface area contributed by atoms with Crippen LogP contribution in [0.2, 0.25) is 0 Å². The highest BCUT2D eigenvalue weighted by Crippen LogP contribution is 2.24. The molecule has 1 atom stereocenters. The number of nitrogens with one attached hydrogen (secondary N) is 1. The minimum atomic E-state index is -4.20. The number of para-hydroxylation sites is 1. The Labute approximate surface area is 195 Å². The Morgan fingerprint density at radius 1 is 0.853 bits per heavy atom. The molecule has 3 aromatic carbocycles. The van der Waals surface area contributed by atoms with Gasteiger partial charge >= 0.3 is 5.97 Å². The highest BCUT2D eigenvalue weighted by molar-refractivity contribution is 7.89.